The minimum atomic E-state index is 0.885. The van der Waals surface area contributed by atoms with Gasteiger partial charge in [0.1, 0.15) is 11.2 Å². The van der Waals surface area contributed by atoms with Crippen molar-refractivity contribution in [1.82, 2.24) is 4.98 Å². The van der Waals surface area contributed by atoms with Gasteiger partial charge in [-0.1, -0.05) is 146 Å². The summed E-state index contributed by atoms with van der Waals surface area (Å²) in [6.07, 6.45) is 3.80. The highest BCUT2D eigenvalue weighted by molar-refractivity contribution is 6.23. The van der Waals surface area contributed by atoms with E-state index in [0.717, 1.165) is 33.1 Å². The summed E-state index contributed by atoms with van der Waals surface area (Å²) in [7, 11) is 0. The zero-order chi connectivity index (χ0) is 34.9. The molecule has 11 aromatic rings. The van der Waals surface area contributed by atoms with E-state index >= 15 is 0 Å². The first-order valence-electron chi connectivity index (χ1n) is 18.1. The number of furan rings is 1. The molecule has 2 aromatic heterocycles. The van der Waals surface area contributed by atoms with Crippen molar-refractivity contribution in [2.75, 3.05) is 0 Å². The molecule has 0 aliphatic rings. The molecule has 0 radical (unpaired) electrons. The quantitative estimate of drug-likeness (QED) is 0.174. The summed E-state index contributed by atoms with van der Waals surface area (Å²) in [4.78, 5) is 4.47. The maximum absolute atomic E-state index is 6.67. The molecule has 0 aliphatic heterocycles. The van der Waals surface area contributed by atoms with Crippen LogP contribution < -0.4 is 0 Å². The van der Waals surface area contributed by atoms with Gasteiger partial charge in [-0.05, 0) is 112 Å². The average molecular weight is 674 g/mol. The predicted octanol–water partition coefficient (Wildman–Crippen LogP) is 14.3. The zero-order valence-corrected chi connectivity index (χ0v) is 28.8. The van der Waals surface area contributed by atoms with E-state index in [1.54, 1.807) is 0 Å². The molecule has 11 rings (SSSR count). The number of benzene rings is 9. The molecule has 0 amide bonds. The molecular weight excluding hydrogens is 643 g/mol. The Morgan fingerprint density at radius 1 is 0.283 bits per heavy atom. The molecule has 2 heteroatoms. The van der Waals surface area contributed by atoms with E-state index in [2.05, 4.69) is 175 Å². The lowest BCUT2D eigenvalue weighted by atomic mass is 9.85. The van der Waals surface area contributed by atoms with Crippen LogP contribution in [0.5, 0.6) is 0 Å². The summed E-state index contributed by atoms with van der Waals surface area (Å²) in [6.45, 7) is 0. The molecule has 0 bridgehead atoms. The van der Waals surface area contributed by atoms with Gasteiger partial charge in [0, 0.05) is 28.7 Å². The number of pyridine rings is 1. The van der Waals surface area contributed by atoms with Crippen molar-refractivity contribution in [2.45, 2.75) is 0 Å². The number of nitrogens with zero attached hydrogens (tertiary/aromatic N) is 1. The maximum Gasteiger partial charge on any atom is 0.136 e. The van der Waals surface area contributed by atoms with Crippen molar-refractivity contribution in [3.63, 3.8) is 0 Å². The molecule has 0 saturated heterocycles. The fourth-order valence-electron chi connectivity index (χ4n) is 8.70. The smallest absolute Gasteiger partial charge is 0.136 e. The summed E-state index contributed by atoms with van der Waals surface area (Å²) in [6, 6.07) is 63.5. The van der Waals surface area contributed by atoms with Gasteiger partial charge in [-0.3, -0.25) is 4.98 Å². The Bertz CT molecular complexity index is 3100. The van der Waals surface area contributed by atoms with Crippen molar-refractivity contribution < 1.29 is 4.42 Å². The second-order valence-electron chi connectivity index (χ2n) is 13.8. The van der Waals surface area contributed by atoms with E-state index in [0.29, 0.717) is 0 Å². The molecule has 2 heterocycles. The highest BCUT2D eigenvalue weighted by Gasteiger charge is 2.20. The van der Waals surface area contributed by atoms with Crippen molar-refractivity contribution in [3.8, 4) is 44.5 Å². The predicted molar refractivity (Wildman–Crippen MR) is 223 cm³/mol. The van der Waals surface area contributed by atoms with Crippen LogP contribution in [0.3, 0.4) is 0 Å². The van der Waals surface area contributed by atoms with Gasteiger partial charge in [0.25, 0.3) is 0 Å². The lowest BCUT2D eigenvalue weighted by molar-refractivity contribution is 0.669. The van der Waals surface area contributed by atoms with Crippen LogP contribution in [0, 0.1) is 0 Å². The topological polar surface area (TPSA) is 26.0 Å². The Hall–Kier alpha value is -7.03. The zero-order valence-electron chi connectivity index (χ0n) is 28.8. The maximum atomic E-state index is 6.67. The SMILES string of the molecule is c1ccc(-c2c3ccccc3c(-c3ccc4c(c3)oc3ccc(-c5c6ccccc6c(-c6cccnc6)c6ccccc56)cc34)c3ccccc23)cc1. The summed E-state index contributed by atoms with van der Waals surface area (Å²) in [5.41, 5.74) is 11.4. The van der Waals surface area contributed by atoms with Crippen LogP contribution >= 0.6 is 0 Å². The van der Waals surface area contributed by atoms with Gasteiger partial charge in [-0.25, -0.2) is 0 Å². The lowest BCUT2D eigenvalue weighted by Gasteiger charge is -2.17. The van der Waals surface area contributed by atoms with Gasteiger partial charge >= 0.3 is 0 Å². The molecular formula is C51H31NO. The van der Waals surface area contributed by atoms with Crippen LogP contribution in [-0.4, -0.2) is 4.98 Å². The number of aromatic nitrogens is 1. The molecule has 9 aromatic carbocycles. The Kier molecular flexibility index (Phi) is 6.59. The first-order valence-corrected chi connectivity index (χ1v) is 18.1. The van der Waals surface area contributed by atoms with Crippen LogP contribution in [0.15, 0.2) is 193 Å². The monoisotopic (exact) mass is 673 g/mol. The van der Waals surface area contributed by atoms with Gasteiger partial charge in [0.15, 0.2) is 0 Å². The average Bonchev–Trinajstić information content (AvgIpc) is 3.59. The Balaban J connectivity index is 1.13. The Morgan fingerprint density at radius 3 is 1.23 bits per heavy atom. The van der Waals surface area contributed by atoms with Crippen LogP contribution in [0.25, 0.3) is 110 Å². The molecule has 0 fully saturated rings. The van der Waals surface area contributed by atoms with Crippen molar-refractivity contribution in [1.29, 1.82) is 0 Å². The van der Waals surface area contributed by atoms with Crippen molar-refractivity contribution in [2.24, 2.45) is 0 Å². The first kappa shape index (κ1) is 29.7. The van der Waals surface area contributed by atoms with Crippen LogP contribution in [-0.2, 0) is 0 Å². The summed E-state index contributed by atoms with van der Waals surface area (Å²) < 4.78 is 6.67. The second-order valence-corrected chi connectivity index (χ2v) is 13.8. The van der Waals surface area contributed by atoms with E-state index < -0.39 is 0 Å². The standard InChI is InChI=1S/C51H31NO/c1-2-13-32(14-3-1)48-37-16-4-6-18-39(37)50(40-19-7-5-17-38(40)48)34-24-26-36-45-29-33(25-27-46(45)53-47(36)30-34)49-41-20-8-10-22-43(41)51(35-15-12-28-52-31-35)44-23-11-9-21-42(44)49/h1-31H. The number of hydrogen-bond donors (Lipinski definition) is 0. The fraction of sp³-hybridized carbons (Fsp3) is 0. The van der Waals surface area contributed by atoms with Crippen LogP contribution in [0.1, 0.15) is 0 Å². The fourth-order valence-corrected chi connectivity index (χ4v) is 8.70. The molecule has 0 N–H and O–H groups in total. The van der Waals surface area contributed by atoms with Crippen LogP contribution in [0.4, 0.5) is 0 Å². The molecule has 246 valence electrons. The molecule has 0 aliphatic carbocycles. The number of hydrogen-bond acceptors (Lipinski definition) is 2. The van der Waals surface area contributed by atoms with Gasteiger partial charge in [-0.2, -0.15) is 0 Å². The summed E-state index contributed by atoms with van der Waals surface area (Å²) in [5.74, 6) is 0. The minimum Gasteiger partial charge on any atom is -0.456 e. The number of rotatable bonds is 4. The van der Waals surface area contributed by atoms with E-state index in [9.17, 15) is 0 Å². The van der Waals surface area contributed by atoms with E-state index in [4.69, 9.17) is 4.42 Å². The lowest BCUT2D eigenvalue weighted by Crippen LogP contribution is -1.91. The molecule has 0 unspecified atom stereocenters. The van der Waals surface area contributed by atoms with Crippen molar-refractivity contribution in [3.05, 3.63) is 188 Å². The Morgan fingerprint density at radius 2 is 0.717 bits per heavy atom. The number of fused-ring (bicyclic) bond motifs is 7. The molecule has 0 spiro atoms. The largest absolute Gasteiger partial charge is 0.456 e. The minimum absolute atomic E-state index is 0.885. The van der Waals surface area contributed by atoms with Gasteiger partial charge in [0.05, 0.1) is 0 Å². The summed E-state index contributed by atoms with van der Waals surface area (Å²) in [5, 5.41) is 12.1. The molecule has 0 atom stereocenters. The van der Waals surface area contributed by atoms with E-state index in [1.807, 2.05) is 18.5 Å². The first-order chi connectivity index (χ1) is 26.3. The summed E-state index contributed by atoms with van der Waals surface area (Å²) >= 11 is 0. The molecule has 0 saturated carbocycles. The third-order valence-corrected chi connectivity index (χ3v) is 10.9. The van der Waals surface area contributed by atoms with Gasteiger partial charge < -0.3 is 4.42 Å². The van der Waals surface area contributed by atoms with E-state index in [1.165, 1.54) is 76.5 Å². The third-order valence-electron chi connectivity index (χ3n) is 10.9. The Labute approximate surface area is 306 Å². The van der Waals surface area contributed by atoms with Gasteiger partial charge in [-0.15, -0.1) is 0 Å². The van der Waals surface area contributed by atoms with Crippen molar-refractivity contribution >= 4 is 65.0 Å². The highest BCUT2D eigenvalue weighted by Crippen LogP contribution is 2.47. The molecule has 53 heavy (non-hydrogen) atoms. The molecule has 2 nitrogen and oxygen atoms in total. The normalized spacial score (nSPS) is 11.8. The third kappa shape index (κ3) is 4.56. The van der Waals surface area contributed by atoms with E-state index in [-0.39, 0.29) is 0 Å². The highest BCUT2D eigenvalue weighted by atomic mass is 16.3. The van der Waals surface area contributed by atoms with Gasteiger partial charge in [0.2, 0.25) is 0 Å². The van der Waals surface area contributed by atoms with Crippen LogP contribution in [0.2, 0.25) is 0 Å². The second kappa shape index (κ2) is 11.8.